The molecule has 2 aromatic heterocycles. The predicted octanol–water partition coefficient (Wildman–Crippen LogP) is 5.50. The molecule has 0 saturated heterocycles. The molecular formula is C26H32F2N4O2S. The van der Waals surface area contributed by atoms with E-state index in [1.54, 1.807) is 4.68 Å². The molecule has 1 aliphatic carbocycles. The maximum Gasteiger partial charge on any atom is 0.273 e. The van der Waals surface area contributed by atoms with Gasteiger partial charge in [0, 0.05) is 48.6 Å². The summed E-state index contributed by atoms with van der Waals surface area (Å²) < 4.78 is 31.7. The molecule has 5 rings (SSSR count). The molecule has 0 unspecified atom stereocenters. The van der Waals surface area contributed by atoms with Gasteiger partial charge in [-0.2, -0.15) is 5.10 Å². The van der Waals surface area contributed by atoms with Gasteiger partial charge in [0.05, 0.1) is 11.2 Å². The number of benzene rings is 1. The summed E-state index contributed by atoms with van der Waals surface area (Å²) in [5.41, 5.74) is 2.66. The zero-order valence-electron chi connectivity index (χ0n) is 20.1. The smallest absolute Gasteiger partial charge is 0.273 e. The quantitative estimate of drug-likeness (QED) is 0.362. The molecule has 0 bridgehead atoms. The first-order chi connectivity index (χ1) is 16.9. The molecule has 1 aliphatic heterocycles. The number of carbonyl (C=O) groups excluding carboxylic acids is 1. The normalized spacial score (nSPS) is 20.9. The first-order valence-electron chi connectivity index (χ1n) is 12.5. The molecule has 35 heavy (non-hydrogen) atoms. The van der Waals surface area contributed by atoms with Crippen LogP contribution in [0.15, 0.2) is 24.4 Å². The number of fused-ring (bicyclic) bond motifs is 2. The fourth-order valence-corrected chi connectivity index (χ4v) is 6.40. The van der Waals surface area contributed by atoms with Crippen LogP contribution in [0.4, 0.5) is 8.78 Å². The van der Waals surface area contributed by atoms with E-state index in [0.29, 0.717) is 23.5 Å². The molecule has 2 aliphatic rings. The van der Waals surface area contributed by atoms with E-state index in [4.69, 9.17) is 4.74 Å². The van der Waals surface area contributed by atoms with Crippen molar-refractivity contribution in [3.8, 4) is 5.19 Å². The number of aryl methyl sites for hydroxylation is 1. The Morgan fingerprint density at radius 1 is 1.23 bits per heavy atom. The standard InChI is InChI=1S/C26H32F2N4O2S/c1-31-14-20-19(3-2-4-21(20)30-31)23(33)13-18-7-5-17(6-8-18)9-11-32-12-10-24-22(15-32)29-26(35-24)34-16-25(27)28/h2-4,14,17-18,25H,5-13,15-16H2,1H3. The second-order valence-electron chi connectivity index (χ2n) is 9.92. The van der Waals surface area contributed by atoms with Gasteiger partial charge < -0.3 is 4.74 Å². The van der Waals surface area contributed by atoms with Crippen molar-refractivity contribution in [2.24, 2.45) is 18.9 Å². The third-order valence-electron chi connectivity index (χ3n) is 7.38. The van der Waals surface area contributed by atoms with Crippen molar-refractivity contribution < 1.29 is 18.3 Å². The lowest BCUT2D eigenvalue weighted by molar-refractivity contribution is 0.0815. The Hall–Kier alpha value is -2.39. The van der Waals surface area contributed by atoms with E-state index in [9.17, 15) is 13.6 Å². The summed E-state index contributed by atoms with van der Waals surface area (Å²) in [5.74, 6) is 1.39. The predicted molar refractivity (Wildman–Crippen MR) is 132 cm³/mol. The molecule has 0 atom stereocenters. The van der Waals surface area contributed by atoms with E-state index >= 15 is 0 Å². The summed E-state index contributed by atoms with van der Waals surface area (Å²) in [6.07, 6.45) is 6.72. The zero-order valence-corrected chi connectivity index (χ0v) is 20.9. The summed E-state index contributed by atoms with van der Waals surface area (Å²) in [6.45, 7) is 2.19. The maximum absolute atomic E-state index is 13.0. The summed E-state index contributed by atoms with van der Waals surface area (Å²) in [7, 11) is 1.89. The average Bonchev–Trinajstić information content (AvgIpc) is 3.43. The molecule has 3 aromatic rings. The van der Waals surface area contributed by atoms with Gasteiger partial charge in [0.25, 0.3) is 11.6 Å². The molecule has 9 heteroatoms. The SMILES string of the molecule is Cn1cc2c(C(=O)CC3CCC(CCN4CCc5sc(OCC(F)F)nc5C4)CC3)cccc2n1. The van der Waals surface area contributed by atoms with Crippen LogP contribution in [0.1, 0.15) is 59.5 Å². The van der Waals surface area contributed by atoms with Crippen LogP contribution < -0.4 is 4.74 Å². The Morgan fingerprint density at radius 2 is 2.03 bits per heavy atom. The van der Waals surface area contributed by atoms with Crippen LogP contribution in [0.3, 0.4) is 0 Å². The minimum atomic E-state index is -2.48. The Labute approximate surface area is 208 Å². The van der Waals surface area contributed by atoms with Crippen LogP contribution in [0.2, 0.25) is 0 Å². The average molecular weight is 503 g/mol. The van der Waals surface area contributed by atoms with Crippen LogP contribution in [0, 0.1) is 11.8 Å². The summed E-state index contributed by atoms with van der Waals surface area (Å²) in [6, 6.07) is 5.80. The minimum absolute atomic E-state index is 0.233. The first kappa shape index (κ1) is 24.3. The van der Waals surface area contributed by atoms with Crippen molar-refractivity contribution in [1.29, 1.82) is 0 Å². The molecule has 1 saturated carbocycles. The summed E-state index contributed by atoms with van der Waals surface area (Å²) in [4.78, 5) is 21.1. The molecule has 0 radical (unpaired) electrons. The number of rotatable bonds is 9. The van der Waals surface area contributed by atoms with Gasteiger partial charge in [-0.3, -0.25) is 14.4 Å². The zero-order chi connectivity index (χ0) is 24.4. The number of thiazole rings is 1. The van der Waals surface area contributed by atoms with Crippen molar-refractivity contribution in [2.75, 3.05) is 19.7 Å². The molecule has 1 aromatic carbocycles. The number of carbonyl (C=O) groups is 1. The highest BCUT2D eigenvalue weighted by molar-refractivity contribution is 7.13. The van der Waals surface area contributed by atoms with Crippen molar-refractivity contribution in [1.82, 2.24) is 19.7 Å². The number of alkyl halides is 2. The topological polar surface area (TPSA) is 60.2 Å². The van der Waals surface area contributed by atoms with Gasteiger partial charge in [-0.25, -0.2) is 13.8 Å². The Morgan fingerprint density at radius 3 is 2.83 bits per heavy atom. The van der Waals surface area contributed by atoms with E-state index in [1.165, 1.54) is 24.2 Å². The van der Waals surface area contributed by atoms with Gasteiger partial charge in [0.15, 0.2) is 12.4 Å². The Balaban J connectivity index is 1.06. The number of nitrogens with zero attached hydrogens (tertiary/aromatic N) is 4. The van der Waals surface area contributed by atoms with Gasteiger partial charge >= 0.3 is 0 Å². The number of ether oxygens (including phenoxy) is 1. The monoisotopic (exact) mass is 502 g/mol. The van der Waals surface area contributed by atoms with E-state index in [2.05, 4.69) is 15.0 Å². The van der Waals surface area contributed by atoms with E-state index in [0.717, 1.165) is 72.4 Å². The van der Waals surface area contributed by atoms with Crippen molar-refractivity contribution >= 4 is 28.0 Å². The van der Waals surface area contributed by atoms with Gasteiger partial charge in [-0.05, 0) is 50.1 Å². The summed E-state index contributed by atoms with van der Waals surface area (Å²) >= 11 is 1.40. The van der Waals surface area contributed by atoms with Crippen LogP contribution in [-0.4, -0.2) is 51.6 Å². The molecule has 6 nitrogen and oxygen atoms in total. The number of aromatic nitrogens is 3. The number of Topliss-reactive ketones (excluding diaryl/α,β-unsaturated/α-hetero) is 1. The van der Waals surface area contributed by atoms with E-state index < -0.39 is 13.0 Å². The van der Waals surface area contributed by atoms with E-state index in [-0.39, 0.29) is 5.78 Å². The third-order valence-corrected chi connectivity index (χ3v) is 8.45. The number of hydrogen-bond acceptors (Lipinski definition) is 6. The highest BCUT2D eigenvalue weighted by Crippen LogP contribution is 2.35. The molecule has 188 valence electrons. The van der Waals surface area contributed by atoms with Crippen molar-refractivity contribution in [2.45, 2.75) is 57.9 Å². The lowest BCUT2D eigenvalue weighted by atomic mass is 9.78. The van der Waals surface area contributed by atoms with Crippen LogP contribution in [0.25, 0.3) is 10.9 Å². The largest absolute Gasteiger partial charge is 0.464 e. The number of hydrogen-bond donors (Lipinski definition) is 0. The van der Waals surface area contributed by atoms with Gasteiger partial charge in [-0.15, -0.1) is 0 Å². The Kier molecular flexibility index (Phi) is 7.43. The fraction of sp³-hybridized carbons (Fsp3) is 0.577. The van der Waals surface area contributed by atoms with Gasteiger partial charge in [0.2, 0.25) is 0 Å². The van der Waals surface area contributed by atoms with Crippen molar-refractivity contribution in [3.63, 3.8) is 0 Å². The molecule has 0 spiro atoms. The van der Waals surface area contributed by atoms with Crippen LogP contribution >= 0.6 is 11.3 Å². The summed E-state index contributed by atoms with van der Waals surface area (Å²) in [5, 5.41) is 5.74. The van der Waals surface area contributed by atoms with Gasteiger partial charge in [0.1, 0.15) is 0 Å². The minimum Gasteiger partial charge on any atom is -0.464 e. The molecule has 1 fully saturated rings. The Bertz CT molecular complexity index is 1170. The highest BCUT2D eigenvalue weighted by atomic mass is 32.1. The van der Waals surface area contributed by atoms with Crippen LogP contribution in [-0.2, 0) is 20.0 Å². The first-order valence-corrected chi connectivity index (χ1v) is 13.3. The lowest BCUT2D eigenvalue weighted by Crippen LogP contribution is -2.32. The second-order valence-corrected chi connectivity index (χ2v) is 11.0. The van der Waals surface area contributed by atoms with Gasteiger partial charge in [-0.1, -0.05) is 36.3 Å². The molecular weight excluding hydrogens is 470 g/mol. The third kappa shape index (κ3) is 5.89. The second kappa shape index (κ2) is 10.7. The van der Waals surface area contributed by atoms with E-state index in [1.807, 2.05) is 31.4 Å². The number of halogens is 2. The fourth-order valence-electron chi connectivity index (χ4n) is 5.48. The molecule has 0 amide bonds. The highest BCUT2D eigenvalue weighted by Gasteiger charge is 2.26. The number of ketones is 1. The van der Waals surface area contributed by atoms with Crippen LogP contribution in [0.5, 0.6) is 5.19 Å². The molecule has 0 N–H and O–H groups in total. The van der Waals surface area contributed by atoms with Crippen molar-refractivity contribution in [3.05, 3.63) is 40.5 Å². The lowest BCUT2D eigenvalue weighted by Gasteiger charge is -2.31. The maximum atomic E-state index is 13.0. The molecule has 3 heterocycles.